The molecule has 0 fully saturated rings. The molecule has 278 valence electrons. The van der Waals surface area contributed by atoms with Crippen LogP contribution in [0.15, 0.2) is 164 Å². The Morgan fingerprint density at radius 2 is 1.12 bits per heavy atom. The molecule has 1 N–H and O–H groups in total. The van der Waals surface area contributed by atoms with E-state index >= 15 is 0 Å². The van der Waals surface area contributed by atoms with Gasteiger partial charge in [0.2, 0.25) is 0 Å². The number of aromatic nitrogens is 3. The summed E-state index contributed by atoms with van der Waals surface area (Å²) in [6, 6.07) is 61.0. The van der Waals surface area contributed by atoms with Gasteiger partial charge in [0, 0.05) is 26.6 Å². The topological polar surface area (TPSA) is 50.9 Å². The molecule has 2 heterocycles. The Kier molecular flexibility index (Phi) is 9.52. The van der Waals surface area contributed by atoms with E-state index in [1.165, 1.54) is 0 Å². The van der Waals surface area contributed by atoms with Crippen molar-refractivity contribution in [2.24, 2.45) is 0 Å². The van der Waals surface area contributed by atoms with Crippen molar-refractivity contribution in [2.75, 3.05) is 0 Å². The first-order valence-corrected chi connectivity index (χ1v) is 19.2. The summed E-state index contributed by atoms with van der Waals surface area (Å²) in [6.07, 6.45) is 1.75. The zero-order chi connectivity index (χ0) is 37.8. The smallest absolute Gasteiger partial charge is 0.163 e. The van der Waals surface area contributed by atoms with Crippen molar-refractivity contribution in [1.82, 2.24) is 14.5 Å². The quantitative estimate of drug-likeness (QED) is 0.169. The van der Waals surface area contributed by atoms with Crippen LogP contribution in [0.5, 0.6) is 5.75 Å². The predicted molar refractivity (Wildman–Crippen MR) is 229 cm³/mol. The second-order valence-corrected chi connectivity index (χ2v) is 14.6. The zero-order valence-corrected chi connectivity index (χ0v) is 33.9. The minimum Gasteiger partial charge on any atom is -0.507 e. The van der Waals surface area contributed by atoms with Crippen LogP contribution >= 0.6 is 0 Å². The van der Waals surface area contributed by atoms with E-state index in [1.807, 2.05) is 6.07 Å². The Bertz CT molecular complexity index is 2870. The van der Waals surface area contributed by atoms with Crippen LogP contribution in [-0.4, -0.2) is 19.6 Å². The number of phenolic OH excluding ortho intramolecular Hbond substituents is 1. The van der Waals surface area contributed by atoms with Gasteiger partial charge in [0.1, 0.15) is 11.4 Å². The molecule has 0 aliphatic heterocycles. The molecule has 57 heavy (non-hydrogen) atoms. The van der Waals surface area contributed by atoms with E-state index in [1.54, 1.807) is 6.07 Å². The van der Waals surface area contributed by atoms with E-state index in [0.29, 0.717) is 0 Å². The molecule has 0 bridgehead atoms. The number of hydrogen-bond acceptors (Lipinski definition) is 3. The standard InChI is InChI=1S/C52H38N3O.Pt/c1-33-14-9-15-34(2)51(33)55-45-26-13-25-43(50(45)54-52(55)44-31-30-38-29-28-37-20-11-27-46(56)48(37)49(38)53-44)39-21-10-22-40(32-39)47-41(35-16-5-3-6-17-35)23-12-24-42(47)36-18-7-4-8-19-36;/h3-27,30-31,56H,28-29H2,1-2H3;/q-1;. The Labute approximate surface area is 347 Å². The van der Waals surface area contributed by atoms with Crippen LogP contribution in [0.4, 0.5) is 0 Å². The predicted octanol–water partition coefficient (Wildman–Crippen LogP) is 12.6. The van der Waals surface area contributed by atoms with Crippen molar-refractivity contribution in [3.63, 3.8) is 0 Å². The molecule has 0 saturated heterocycles. The average Bonchev–Trinajstić information content (AvgIpc) is 3.63. The molecule has 10 rings (SSSR count). The first-order chi connectivity index (χ1) is 27.5. The number of nitrogens with zero attached hydrogens (tertiary/aromatic N) is 3. The summed E-state index contributed by atoms with van der Waals surface area (Å²) >= 11 is 0. The fourth-order valence-corrected chi connectivity index (χ4v) is 8.57. The van der Waals surface area contributed by atoms with Crippen molar-refractivity contribution in [3.05, 3.63) is 192 Å². The summed E-state index contributed by atoms with van der Waals surface area (Å²) in [5.74, 6) is 1.02. The van der Waals surface area contributed by atoms with Crippen molar-refractivity contribution >= 4 is 11.0 Å². The van der Waals surface area contributed by atoms with E-state index in [2.05, 4.69) is 176 Å². The molecule has 0 unspecified atom stereocenters. The molecular weight excluding hydrogens is 878 g/mol. The summed E-state index contributed by atoms with van der Waals surface area (Å²) in [4.78, 5) is 10.8. The molecule has 7 aromatic carbocycles. The summed E-state index contributed by atoms with van der Waals surface area (Å²) in [6.45, 7) is 4.31. The first-order valence-electron chi connectivity index (χ1n) is 19.2. The first kappa shape index (κ1) is 36.3. The molecule has 1 aliphatic carbocycles. The van der Waals surface area contributed by atoms with E-state index in [4.69, 9.17) is 9.97 Å². The van der Waals surface area contributed by atoms with Crippen molar-refractivity contribution in [3.8, 4) is 78.7 Å². The van der Waals surface area contributed by atoms with Crippen molar-refractivity contribution in [2.45, 2.75) is 26.7 Å². The molecule has 4 nitrogen and oxygen atoms in total. The van der Waals surface area contributed by atoms with Crippen LogP contribution in [-0.2, 0) is 33.9 Å². The maximum absolute atomic E-state index is 11.1. The number of hydrogen-bond donors (Lipinski definition) is 1. The van der Waals surface area contributed by atoms with E-state index < -0.39 is 0 Å². The van der Waals surface area contributed by atoms with Crippen molar-refractivity contribution < 1.29 is 26.2 Å². The van der Waals surface area contributed by atoms with Gasteiger partial charge in [-0.2, -0.15) is 0 Å². The summed E-state index contributed by atoms with van der Waals surface area (Å²) in [7, 11) is 0. The third-order valence-corrected chi connectivity index (χ3v) is 11.2. The van der Waals surface area contributed by atoms with E-state index in [0.717, 1.165) is 119 Å². The molecular formula is C52H38N3OPt-. The van der Waals surface area contributed by atoms with Crippen LogP contribution < -0.4 is 0 Å². The molecule has 9 aromatic rings. The van der Waals surface area contributed by atoms with Gasteiger partial charge in [-0.25, -0.2) is 9.97 Å². The fourth-order valence-electron chi connectivity index (χ4n) is 8.57. The third-order valence-electron chi connectivity index (χ3n) is 11.2. The van der Waals surface area contributed by atoms with Crippen LogP contribution in [0.2, 0.25) is 0 Å². The van der Waals surface area contributed by atoms with Gasteiger partial charge < -0.3 is 5.11 Å². The van der Waals surface area contributed by atoms with Crippen LogP contribution in [0, 0.1) is 19.9 Å². The van der Waals surface area contributed by atoms with Gasteiger partial charge in [-0.05, 0) is 89.4 Å². The van der Waals surface area contributed by atoms with E-state index in [9.17, 15) is 5.11 Å². The van der Waals surface area contributed by atoms with Crippen LogP contribution in [0.25, 0.3) is 84.0 Å². The molecule has 0 spiro atoms. The van der Waals surface area contributed by atoms with Crippen LogP contribution in [0.3, 0.4) is 0 Å². The zero-order valence-electron chi connectivity index (χ0n) is 31.6. The molecule has 2 aromatic heterocycles. The Morgan fingerprint density at radius 3 is 1.84 bits per heavy atom. The van der Waals surface area contributed by atoms with Crippen LogP contribution in [0.1, 0.15) is 22.3 Å². The Balaban J connectivity index is 0.00000422. The SMILES string of the molecule is Cc1cccc(C)c1-n1c(-c2ccc3c(n2)-c2c(O)cccc2CC3)nc2c(-c3[c-]c(-c4c(-c5ccccc5)cccc4-c4ccccc4)ccc3)cccc21.[Pt]. The minimum absolute atomic E-state index is 0. The second kappa shape index (κ2) is 15.0. The average molecular weight is 916 g/mol. The molecule has 0 radical (unpaired) electrons. The molecule has 1 aliphatic rings. The van der Waals surface area contributed by atoms with Crippen molar-refractivity contribution in [1.29, 1.82) is 0 Å². The van der Waals surface area contributed by atoms with Gasteiger partial charge >= 0.3 is 0 Å². The minimum atomic E-state index is 0. The number of phenols is 1. The number of aromatic hydroxyl groups is 1. The number of imidazole rings is 1. The van der Waals surface area contributed by atoms with Gasteiger partial charge in [0.25, 0.3) is 0 Å². The summed E-state index contributed by atoms with van der Waals surface area (Å²) in [5.41, 5.74) is 18.7. The molecule has 0 atom stereocenters. The number of para-hydroxylation sites is 2. The normalized spacial score (nSPS) is 11.8. The number of pyridine rings is 1. The van der Waals surface area contributed by atoms with Gasteiger partial charge in [-0.15, -0.1) is 35.4 Å². The maximum Gasteiger partial charge on any atom is 0.163 e. The molecule has 0 saturated carbocycles. The molecule has 5 heteroatoms. The number of rotatable bonds is 6. The van der Waals surface area contributed by atoms with Gasteiger partial charge in [0.05, 0.1) is 22.4 Å². The Morgan fingerprint density at radius 1 is 0.526 bits per heavy atom. The summed E-state index contributed by atoms with van der Waals surface area (Å²) in [5, 5.41) is 11.1. The largest absolute Gasteiger partial charge is 0.507 e. The molecule has 0 amide bonds. The van der Waals surface area contributed by atoms with Gasteiger partial charge in [-0.1, -0.05) is 139 Å². The monoisotopic (exact) mass is 915 g/mol. The fraction of sp³-hybridized carbons (Fsp3) is 0.0769. The van der Waals surface area contributed by atoms with Gasteiger partial charge in [0.15, 0.2) is 5.82 Å². The number of benzene rings is 7. The number of fused-ring (bicyclic) bond motifs is 4. The third kappa shape index (κ3) is 6.31. The Hall–Kier alpha value is -6.35. The summed E-state index contributed by atoms with van der Waals surface area (Å²) < 4.78 is 2.27. The number of aryl methyl sites for hydroxylation is 4. The van der Waals surface area contributed by atoms with Gasteiger partial charge in [-0.3, -0.25) is 4.57 Å². The maximum atomic E-state index is 11.1. The second-order valence-electron chi connectivity index (χ2n) is 14.6. The van der Waals surface area contributed by atoms with E-state index in [-0.39, 0.29) is 26.8 Å².